The Morgan fingerprint density at radius 3 is 2.58 bits per heavy atom. The van der Waals surface area contributed by atoms with E-state index in [0.717, 1.165) is 16.9 Å². The minimum atomic E-state index is 0.776. The molecule has 0 saturated carbocycles. The second kappa shape index (κ2) is 6.44. The minimum Gasteiger partial charge on any atom is -0.342 e. The van der Waals surface area contributed by atoms with Gasteiger partial charge in [-0.05, 0) is 55.3 Å². The summed E-state index contributed by atoms with van der Waals surface area (Å²) in [5.74, 6) is 0. The Balaban J connectivity index is 2.48. The lowest BCUT2D eigenvalue weighted by molar-refractivity contribution is 1.01. The van der Waals surface area contributed by atoms with Gasteiger partial charge < -0.3 is 4.90 Å². The highest BCUT2D eigenvalue weighted by Crippen LogP contribution is 2.32. The molecule has 0 saturated heterocycles. The van der Waals surface area contributed by atoms with Crippen molar-refractivity contribution in [3.63, 3.8) is 0 Å². The summed E-state index contributed by atoms with van der Waals surface area (Å²) in [7, 11) is 0. The lowest BCUT2D eigenvalue weighted by Crippen LogP contribution is -2.17. The van der Waals surface area contributed by atoms with Gasteiger partial charge in [0.05, 0.1) is 0 Å². The first kappa shape index (κ1) is 14.4. The molecule has 0 spiro atoms. The third kappa shape index (κ3) is 3.31. The van der Waals surface area contributed by atoms with E-state index in [1.54, 1.807) is 0 Å². The summed E-state index contributed by atoms with van der Waals surface area (Å²) in [5, 5.41) is 1.57. The van der Waals surface area contributed by atoms with Crippen molar-refractivity contribution in [2.24, 2.45) is 0 Å². The highest BCUT2D eigenvalue weighted by molar-refractivity contribution is 9.08. The number of halogens is 2. The molecule has 0 atom stereocenters. The van der Waals surface area contributed by atoms with Gasteiger partial charge in [0.2, 0.25) is 0 Å². The molecule has 2 aromatic carbocycles. The van der Waals surface area contributed by atoms with Crippen LogP contribution in [0.15, 0.2) is 42.5 Å². The molecule has 2 aromatic rings. The molecule has 0 unspecified atom stereocenters. The fourth-order valence-electron chi connectivity index (χ4n) is 2.21. The monoisotopic (exact) mass is 337 g/mol. The van der Waals surface area contributed by atoms with Crippen LogP contribution in [0.5, 0.6) is 0 Å². The normalized spacial score (nSPS) is 10.5. The highest BCUT2D eigenvalue weighted by Gasteiger charge is 2.11. The fraction of sp³-hybridized carbons (Fsp3) is 0.250. The second-order valence-corrected chi connectivity index (χ2v) is 5.49. The van der Waals surface area contributed by atoms with E-state index in [4.69, 9.17) is 11.6 Å². The van der Waals surface area contributed by atoms with Crippen molar-refractivity contribution < 1.29 is 0 Å². The van der Waals surface area contributed by atoms with Crippen molar-refractivity contribution in [2.75, 3.05) is 11.4 Å². The lowest BCUT2D eigenvalue weighted by Gasteiger charge is -2.26. The average molecular weight is 339 g/mol. The first-order valence-electron chi connectivity index (χ1n) is 6.34. The van der Waals surface area contributed by atoms with E-state index in [1.807, 2.05) is 12.1 Å². The SMILES string of the molecule is CCN(c1cccc(C)c1)c1ccc(Cl)cc1CBr. The Morgan fingerprint density at radius 1 is 1.16 bits per heavy atom. The Morgan fingerprint density at radius 2 is 1.95 bits per heavy atom. The number of hydrogen-bond donors (Lipinski definition) is 0. The van der Waals surface area contributed by atoms with Gasteiger partial charge in [0, 0.05) is 28.3 Å². The summed E-state index contributed by atoms with van der Waals surface area (Å²) >= 11 is 9.62. The Hall–Kier alpha value is -0.990. The number of rotatable bonds is 4. The number of nitrogens with zero attached hydrogens (tertiary/aromatic N) is 1. The molecular formula is C16H17BrClN. The summed E-state index contributed by atoms with van der Waals surface area (Å²) in [4.78, 5) is 2.31. The van der Waals surface area contributed by atoms with Crippen LogP contribution in [0.25, 0.3) is 0 Å². The lowest BCUT2D eigenvalue weighted by atomic mass is 10.1. The smallest absolute Gasteiger partial charge is 0.0452 e. The molecule has 0 amide bonds. The molecule has 0 radical (unpaired) electrons. The summed E-state index contributed by atoms with van der Waals surface area (Å²) in [6, 6.07) is 14.6. The van der Waals surface area contributed by atoms with E-state index in [2.05, 4.69) is 65.0 Å². The molecule has 0 aliphatic heterocycles. The molecule has 100 valence electrons. The summed E-state index contributed by atoms with van der Waals surface area (Å²) < 4.78 is 0. The van der Waals surface area contributed by atoms with Crippen LogP contribution in [-0.4, -0.2) is 6.54 Å². The Kier molecular flexibility index (Phi) is 4.89. The number of aryl methyl sites for hydroxylation is 1. The molecular weight excluding hydrogens is 322 g/mol. The van der Waals surface area contributed by atoms with Crippen LogP contribution in [0.3, 0.4) is 0 Å². The highest BCUT2D eigenvalue weighted by atomic mass is 79.9. The van der Waals surface area contributed by atoms with E-state index in [1.165, 1.54) is 22.5 Å². The van der Waals surface area contributed by atoms with E-state index in [-0.39, 0.29) is 0 Å². The summed E-state index contributed by atoms with van der Waals surface area (Å²) in [6.07, 6.45) is 0. The quantitative estimate of drug-likeness (QED) is 0.646. The maximum atomic E-state index is 6.08. The van der Waals surface area contributed by atoms with Crippen LogP contribution in [0.2, 0.25) is 5.02 Å². The van der Waals surface area contributed by atoms with Crippen LogP contribution in [0.4, 0.5) is 11.4 Å². The number of hydrogen-bond acceptors (Lipinski definition) is 1. The fourth-order valence-corrected chi connectivity index (χ4v) is 2.86. The maximum Gasteiger partial charge on any atom is 0.0452 e. The molecule has 0 aliphatic carbocycles. The molecule has 0 bridgehead atoms. The van der Waals surface area contributed by atoms with Gasteiger partial charge >= 0.3 is 0 Å². The van der Waals surface area contributed by atoms with Crippen LogP contribution in [0, 0.1) is 6.92 Å². The second-order valence-electron chi connectivity index (χ2n) is 4.49. The van der Waals surface area contributed by atoms with Crippen molar-refractivity contribution >= 4 is 38.9 Å². The maximum absolute atomic E-state index is 6.08. The van der Waals surface area contributed by atoms with Gasteiger partial charge in [0.1, 0.15) is 0 Å². The number of benzene rings is 2. The molecule has 0 aliphatic rings. The van der Waals surface area contributed by atoms with E-state index < -0.39 is 0 Å². The van der Waals surface area contributed by atoms with Crippen molar-refractivity contribution in [3.8, 4) is 0 Å². The van der Waals surface area contributed by atoms with Crippen molar-refractivity contribution in [1.29, 1.82) is 0 Å². The standard InChI is InChI=1S/C16H17BrClN/c1-3-19(15-6-4-5-12(2)9-15)16-8-7-14(18)10-13(16)11-17/h4-10H,3,11H2,1-2H3. The molecule has 0 fully saturated rings. The third-order valence-corrected chi connectivity index (χ3v) is 3.95. The third-order valence-electron chi connectivity index (χ3n) is 3.11. The Bertz CT molecular complexity index is 568. The zero-order chi connectivity index (χ0) is 13.8. The van der Waals surface area contributed by atoms with Gasteiger partial charge in [-0.1, -0.05) is 39.7 Å². The van der Waals surface area contributed by atoms with Gasteiger partial charge in [-0.25, -0.2) is 0 Å². The van der Waals surface area contributed by atoms with Crippen molar-refractivity contribution in [1.82, 2.24) is 0 Å². The van der Waals surface area contributed by atoms with Crippen LogP contribution >= 0.6 is 27.5 Å². The molecule has 1 nitrogen and oxygen atoms in total. The van der Waals surface area contributed by atoms with Crippen LogP contribution < -0.4 is 4.90 Å². The van der Waals surface area contributed by atoms with Gasteiger partial charge in [-0.3, -0.25) is 0 Å². The first-order chi connectivity index (χ1) is 9.15. The Labute approximate surface area is 128 Å². The van der Waals surface area contributed by atoms with Crippen molar-refractivity contribution in [3.05, 3.63) is 58.6 Å². The molecule has 0 aromatic heterocycles. The summed E-state index contributed by atoms with van der Waals surface area (Å²) in [5.41, 5.74) is 4.89. The molecule has 0 N–H and O–H groups in total. The predicted octanol–water partition coefficient (Wildman–Crippen LogP) is 5.70. The molecule has 3 heteroatoms. The largest absolute Gasteiger partial charge is 0.342 e. The van der Waals surface area contributed by atoms with Crippen LogP contribution in [0.1, 0.15) is 18.1 Å². The molecule has 0 heterocycles. The van der Waals surface area contributed by atoms with Gasteiger partial charge in [0.25, 0.3) is 0 Å². The van der Waals surface area contributed by atoms with Gasteiger partial charge in [0.15, 0.2) is 0 Å². The van der Waals surface area contributed by atoms with Gasteiger partial charge in [-0.2, -0.15) is 0 Å². The van der Waals surface area contributed by atoms with E-state index >= 15 is 0 Å². The predicted molar refractivity (Wildman–Crippen MR) is 87.9 cm³/mol. The van der Waals surface area contributed by atoms with Gasteiger partial charge in [-0.15, -0.1) is 0 Å². The zero-order valence-corrected chi connectivity index (χ0v) is 13.5. The zero-order valence-electron chi connectivity index (χ0n) is 11.2. The number of alkyl halides is 1. The number of anilines is 2. The summed E-state index contributed by atoms with van der Waals surface area (Å²) in [6.45, 7) is 5.20. The van der Waals surface area contributed by atoms with Crippen LogP contribution in [-0.2, 0) is 5.33 Å². The van der Waals surface area contributed by atoms with E-state index in [9.17, 15) is 0 Å². The van der Waals surface area contributed by atoms with Crippen molar-refractivity contribution in [2.45, 2.75) is 19.2 Å². The molecule has 19 heavy (non-hydrogen) atoms. The first-order valence-corrected chi connectivity index (χ1v) is 7.84. The minimum absolute atomic E-state index is 0.776. The van der Waals surface area contributed by atoms with E-state index in [0.29, 0.717) is 0 Å². The average Bonchev–Trinajstić information content (AvgIpc) is 2.41. The topological polar surface area (TPSA) is 3.24 Å². The molecule has 2 rings (SSSR count).